The van der Waals surface area contributed by atoms with Crippen molar-refractivity contribution in [2.45, 2.75) is 12.5 Å². The fraction of sp³-hybridized carbons (Fsp3) is 0.333. The minimum Gasteiger partial charge on any atom is -0.496 e. The van der Waals surface area contributed by atoms with Crippen molar-refractivity contribution in [2.24, 2.45) is 0 Å². The number of carbonyl (C=O) groups is 2. The zero-order chi connectivity index (χ0) is 22.9. The van der Waals surface area contributed by atoms with Gasteiger partial charge in [0.2, 0.25) is 21.8 Å². The minimum atomic E-state index is -3.49. The fourth-order valence-corrected chi connectivity index (χ4v) is 3.88. The highest BCUT2D eigenvalue weighted by molar-refractivity contribution is 7.88. The number of nitrogens with one attached hydrogen (secondary N) is 1. The summed E-state index contributed by atoms with van der Waals surface area (Å²) in [6, 6.07) is 1.18. The maximum absolute atomic E-state index is 14.2. The molecule has 0 amide bonds. The summed E-state index contributed by atoms with van der Waals surface area (Å²) in [5.41, 5.74) is 4.88. The molecule has 0 aliphatic carbocycles. The Morgan fingerprint density at radius 1 is 1.35 bits per heavy atom. The molecule has 1 saturated heterocycles. The summed E-state index contributed by atoms with van der Waals surface area (Å²) in [5, 5.41) is 2.75. The van der Waals surface area contributed by atoms with Crippen LogP contribution in [0.15, 0.2) is 18.3 Å². The second kappa shape index (κ2) is 8.51. The number of nitrogen functional groups attached to an aromatic ring is 1. The van der Waals surface area contributed by atoms with Crippen LogP contribution in [0.5, 0.6) is 5.75 Å². The highest BCUT2D eigenvalue weighted by Crippen LogP contribution is 2.28. The van der Waals surface area contributed by atoms with Gasteiger partial charge in [-0.3, -0.25) is 9.59 Å². The lowest BCUT2D eigenvalue weighted by Gasteiger charge is -2.29. The molecule has 1 aliphatic rings. The van der Waals surface area contributed by atoms with E-state index in [4.69, 9.17) is 10.5 Å². The molecule has 0 saturated carbocycles. The molecule has 1 unspecified atom stereocenters. The van der Waals surface area contributed by atoms with E-state index in [1.54, 1.807) is 0 Å². The van der Waals surface area contributed by atoms with Gasteiger partial charge in [-0.25, -0.2) is 22.2 Å². The van der Waals surface area contributed by atoms with E-state index in [2.05, 4.69) is 15.3 Å². The number of benzene rings is 1. The molecule has 13 heteroatoms. The second-order valence-electron chi connectivity index (χ2n) is 6.81. The molecular weight excluding hydrogens is 436 g/mol. The average molecular weight is 455 g/mol. The average Bonchev–Trinajstić information content (AvgIpc) is 2.70. The van der Waals surface area contributed by atoms with Gasteiger partial charge in [-0.15, -0.1) is 0 Å². The molecule has 1 aromatic carbocycles. The van der Waals surface area contributed by atoms with E-state index >= 15 is 0 Å². The first-order chi connectivity index (χ1) is 14.5. The quantitative estimate of drug-likeness (QED) is 0.598. The van der Waals surface area contributed by atoms with Crippen LogP contribution in [0.3, 0.4) is 0 Å². The highest BCUT2D eigenvalue weighted by atomic mass is 32.2. The number of piperidine rings is 1. The summed E-state index contributed by atoms with van der Waals surface area (Å²) in [6.07, 6.45) is 2.22. The first-order valence-corrected chi connectivity index (χ1v) is 10.8. The number of Topliss-reactive ketones (excluding diaryl/α,β-unsaturated/α-hetero) is 1. The molecule has 1 aromatic heterocycles. The van der Waals surface area contributed by atoms with E-state index in [-0.39, 0.29) is 48.4 Å². The summed E-state index contributed by atoms with van der Waals surface area (Å²) >= 11 is 0. The van der Waals surface area contributed by atoms with Gasteiger partial charge >= 0.3 is 0 Å². The van der Waals surface area contributed by atoms with Gasteiger partial charge in [0.05, 0.1) is 31.5 Å². The van der Waals surface area contributed by atoms with E-state index in [0.717, 1.165) is 28.9 Å². The van der Waals surface area contributed by atoms with Crippen LogP contribution in [0.25, 0.3) is 0 Å². The first kappa shape index (κ1) is 22.5. The van der Waals surface area contributed by atoms with Crippen molar-refractivity contribution < 1.29 is 31.5 Å². The Labute approximate surface area is 176 Å². The molecule has 3 rings (SSSR count). The number of hydrogen-bond acceptors (Lipinski definition) is 9. The molecule has 0 bridgehead atoms. The van der Waals surface area contributed by atoms with Crippen LogP contribution in [0.1, 0.15) is 22.3 Å². The third-order valence-corrected chi connectivity index (χ3v) is 5.98. The van der Waals surface area contributed by atoms with Crippen LogP contribution in [0.4, 0.5) is 20.5 Å². The van der Waals surface area contributed by atoms with Crippen molar-refractivity contribution >= 4 is 33.4 Å². The Balaban J connectivity index is 1.81. The highest BCUT2D eigenvalue weighted by Gasteiger charge is 2.32. The Kier molecular flexibility index (Phi) is 6.18. The standard InChI is InChI=1S/C18H19F2N5O5S/c1-30-13-4-3-10(19)15(20)14(13)16(27)9-7-22-18(24-17(9)21)23-11-5-6-25(8-12(11)26)31(2,28)29/h3-4,7,11H,5-6,8H2,1-2H3,(H3,21,22,23,24). The smallest absolute Gasteiger partial charge is 0.225 e. The van der Waals surface area contributed by atoms with Gasteiger partial charge in [-0.2, -0.15) is 9.29 Å². The lowest BCUT2D eigenvalue weighted by Crippen LogP contribution is -2.48. The summed E-state index contributed by atoms with van der Waals surface area (Å²) in [6.45, 7) is -0.159. The molecular formula is C18H19F2N5O5S. The van der Waals surface area contributed by atoms with Crippen LogP contribution in [-0.2, 0) is 14.8 Å². The first-order valence-electron chi connectivity index (χ1n) is 8.96. The number of halogens is 2. The number of sulfonamides is 1. The molecule has 1 fully saturated rings. The van der Waals surface area contributed by atoms with Gasteiger partial charge in [-0.05, 0) is 18.6 Å². The van der Waals surface area contributed by atoms with Crippen LogP contribution in [-0.4, -0.2) is 66.8 Å². The number of carbonyl (C=O) groups excluding carboxylic acids is 2. The molecule has 0 spiro atoms. The Bertz CT molecular complexity index is 1160. The molecule has 2 aromatic rings. The molecule has 0 radical (unpaired) electrons. The van der Waals surface area contributed by atoms with Crippen LogP contribution in [0.2, 0.25) is 0 Å². The minimum absolute atomic E-state index is 0.0770. The lowest BCUT2D eigenvalue weighted by atomic mass is 10.0. The van der Waals surface area contributed by atoms with Gasteiger partial charge in [0.15, 0.2) is 17.4 Å². The Hall–Kier alpha value is -3.19. The van der Waals surface area contributed by atoms with Gasteiger partial charge in [-0.1, -0.05) is 0 Å². The maximum atomic E-state index is 14.2. The van der Waals surface area contributed by atoms with Crippen molar-refractivity contribution in [3.8, 4) is 5.75 Å². The molecule has 31 heavy (non-hydrogen) atoms. The number of nitrogens with two attached hydrogens (primary N) is 1. The van der Waals surface area contributed by atoms with E-state index in [1.807, 2.05) is 0 Å². The van der Waals surface area contributed by atoms with E-state index < -0.39 is 39.0 Å². The van der Waals surface area contributed by atoms with E-state index in [0.29, 0.717) is 0 Å². The molecule has 10 nitrogen and oxygen atoms in total. The SMILES string of the molecule is COc1ccc(F)c(F)c1C(=O)c1cnc(NC2CCN(S(C)(=O)=O)CC2=O)nc1N. The topological polar surface area (TPSA) is 145 Å². The number of methoxy groups -OCH3 is 1. The number of aromatic nitrogens is 2. The van der Waals surface area contributed by atoms with E-state index in [1.165, 1.54) is 7.11 Å². The van der Waals surface area contributed by atoms with E-state index in [9.17, 15) is 26.8 Å². The van der Waals surface area contributed by atoms with Gasteiger partial charge in [0.25, 0.3) is 0 Å². The van der Waals surface area contributed by atoms with Crippen molar-refractivity contribution in [3.63, 3.8) is 0 Å². The Morgan fingerprint density at radius 2 is 2.06 bits per heavy atom. The molecule has 166 valence electrons. The van der Waals surface area contributed by atoms with Crippen molar-refractivity contribution in [1.29, 1.82) is 0 Å². The lowest BCUT2D eigenvalue weighted by molar-refractivity contribution is -0.121. The summed E-state index contributed by atoms with van der Waals surface area (Å²) in [7, 11) is -2.29. The number of hydrogen-bond donors (Lipinski definition) is 2. The monoisotopic (exact) mass is 455 g/mol. The molecule has 2 heterocycles. The number of anilines is 2. The number of ether oxygens (including phenoxy) is 1. The summed E-state index contributed by atoms with van der Waals surface area (Å²) in [5.74, 6) is -4.58. The normalized spacial score (nSPS) is 17.4. The maximum Gasteiger partial charge on any atom is 0.225 e. The van der Waals surface area contributed by atoms with Gasteiger partial charge in [0.1, 0.15) is 17.1 Å². The van der Waals surface area contributed by atoms with Crippen molar-refractivity contribution in [3.05, 3.63) is 41.1 Å². The van der Waals surface area contributed by atoms with Crippen LogP contribution < -0.4 is 15.8 Å². The summed E-state index contributed by atoms with van der Waals surface area (Å²) in [4.78, 5) is 32.8. The largest absolute Gasteiger partial charge is 0.496 e. The predicted molar refractivity (Wildman–Crippen MR) is 106 cm³/mol. The number of nitrogens with zero attached hydrogens (tertiary/aromatic N) is 3. The zero-order valence-corrected chi connectivity index (χ0v) is 17.4. The van der Waals surface area contributed by atoms with Gasteiger partial charge < -0.3 is 15.8 Å². The third-order valence-electron chi connectivity index (χ3n) is 4.73. The van der Waals surface area contributed by atoms with Gasteiger partial charge in [0, 0.05) is 12.7 Å². The molecule has 3 N–H and O–H groups in total. The zero-order valence-electron chi connectivity index (χ0n) is 16.6. The number of ketones is 2. The van der Waals surface area contributed by atoms with Crippen molar-refractivity contribution in [1.82, 2.24) is 14.3 Å². The van der Waals surface area contributed by atoms with Crippen molar-refractivity contribution in [2.75, 3.05) is 37.5 Å². The Morgan fingerprint density at radius 3 is 2.65 bits per heavy atom. The van der Waals surface area contributed by atoms with Crippen LogP contribution >= 0.6 is 0 Å². The van der Waals surface area contributed by atoms with Crippen LogP contribution in [0, 0.1) is 11.6 Å². The second-order valence-corrected chi connectivity index (χ2v) is 8.79. The molecule has 1 aliphatic heterocycles. The predicted octanol–water partition coefficient (Wildman–Crippen LogP) is 0.592. The third kappa shape index (κ3) is 4.61. The summed E-state index contributed by atoms with van der Waals surface area (Å²) < 4.78 is 56.9. The number of rotatable bonds is 6. The molecule has 1 atom stereocenters. The fourth-order valence-electron chi connectivity index (χ4n) is 3.08.